The Hall–Kier alpha value is -2.97. The Morgan fingerprint density at radius 2 is 2.15 bits per heavy atom. The zero-order valence-electron chi connectivity index (χ0n) is 14.7. The number of rotatable bonds is 6. The summed E-state index contributed by atoms with van der Waals surface area (Å²) in [7, 11) is 1.64. The lowest BCUT2D eigenvalue weighted by atomic mass is 10.2. The molecule has 0 saturated carbocycles. The zero-order chi connectivity index (χ0) is 18.5. The minimum absolute atomic E-state index is 0.0197. The van der Waals surface area contributed by atoms with Crippen LogP contribution in [0.3, 0.4) is 0 Å². The molecule has 3 rings (SSSR count). The van der Waals surface area contributed by atoms with Crippen LogP contribution in [0.4, 0.5) is 15.3 Å². The van der Waals surface area contributed by atoms with Crippen molar-refractivity contribution in [2.24, 2.45) is 0 Å². The van der Waals surface area contributed by atoms with Gasteiger partial charge in [0.15, 0.2) is 0 Å². The zero-order valence-corrected chi connectivity index (χ0v) is 14.7. The van der Waals surface area contributed by atoms with E-state index in [0.717, 1.165) is 29.3 Å². The highest BCUT2D eigenvalue weighted by Crippen LogP contribution is 2.30. The van der Waals surface area contributed by atoms with Crippen molar-refractivity contribution in [2.45, 2.75) is 12.5 Å². The van der Waals surface area contributed by atoms with Crippen molar-refractivity contribution in [3.63, 3.8) is 0 Å². The first-order chi connectivity index (χ1) is 12.6. The van der Waals surface area contributed by atoms with Crippen LogP contribution in [0.2, 0.25) is 0 Å². The summed E-state index contributed by atoms with van der Waals surface area (Å²) >= 11 is 0. The van der Waals surface area contributed by atoms with Crippen LogP contribution in [0.15, 0.2) is 24.3 Å². The number of benzene rings is 1. The number of anilines is 1. The quantitative estimate of drug-likeness (QED) is 0.625. The van der Waals surface area contributed by atoms with Gasteiger partial charge in [-0.1, -0.05) is 12.1 Å². The van der Waals surface area contributed by atoms with Crippen molar-refractivity contribution in [3.8, 4) is 5.75 Å². The number of methoxy groups -OCH3 is 1. The molecule has 26 heavy (non-hydrogen) atoms. The maximum absolute atomic E-state index is 12.0. The largest absolute Gasteiger partial charge is 0.495 e. The van der Waals surface area contributed by atoms with Gasteiger partial charge in [0, 0.05) is 32.2 Å². The van der Waals surface area contributed by atoms with Gasteiger partial charge in [-0.25, -0.2) is 9.59 Å². The van der Waals surface area contributed by atoms with Gasteiger partial charge in [0.05, 0.1) is 19.3 Å². The lowest BCUT2D eigenvalue weighted by Crippen LogP contribution is -2.46. The van der Waals surface area contributed by atoms with Gasteiger partial charge in [-0.05, 0) is 18.6 Å². The number of hydrogen-bond acceptors (Lipinski definition) is 5. The van der Waals surface area contributed by atoms with E-state index >= 15 is 0 Å². The van der Waals surface area contributed by atoms with Crippen molar-refractivity contribution in [1.29, 1.82) is 0 Å². The highest BCUT2D eigenvalue weighted by molar-refractivity contribution is 6.01. The van der Waals surface area contributed by atoms with E-state index < -0.39 is 6.03 Å². The molecule has 2 aliphatic heterocycles. The van der Waals surface area contributed by atoms with Crippen LogP contribution >= 0.6 is 0 Å². The van der Waals surface area contributed by atoms with Crippen molar-refractivity contribution in [3.05, 3.63) is 24.3 Å². The summed E-state index contributed by atoms with van der Waals surface area (Å²) in [5.41, 5.74) is 1.01. The first kappa shape index (κ1) is 17.8. The van der Waals surface area contributed by atoms with E-state index in [1.807, 2.05) is 24.3 Å². The molecule has 5 amide bonds. The standard InChI is InChI=1S/C17H23N5O4/c1-26-14-5-3-2-4-13(14)21-8-6-12(11-21)20-16(24)18-7-9-22-15(23)10-19-17(22)25/h2-5,12H,6-11H2,1H3,(H,19,25)(H2,18,20,24). The minimum Gasteiger partial charge on any atom is -0.495 e. The van der Waals surface area contributed by atoms with Crippen molar-refractivity contribution < 1.29 is 19.1 Å². The number of carbonyl (C=O) groups is 3. The van der Waals surface area contributed by atoms with Gasteiger partial charge < -0.3 is 25.6 Å². The van der Waals surface area contributed by atoms with Crippen LogP contribution in [0.25, 0.3) is 0 Å². The Bertz CT molecular complexity index is 679. The highest BCUT2D eigenvalue weighted by atomic mass is 16.5. The van der Waals surface area contributed by atoms with Gasteiger partial charge in [0.25, 0.3) is 0 Å². The molecule has 140 valence electrons. The topological polar surface area (TPSA) is 103 Å². The SMILES string of the molecule is COc1ccccc1N1CCC(NC(=O)NCCN2C(=O)CNC2=O)C1. The second kappa shape index (κ2) is 7.94. The number of imide groups is 1. The average molecular weight is 361 g/mol. The smallest absolute Gasteiger partial charge is 0.324 e. The van der Waals surface area contributed by atoms with E-state index in [1.165, 1.54) is 0 Å². The molecule has 9 heteroatoms. The molecule has 2 aliphatic rings. The number of para-hydroxylation sites is 2. The Morgan fingerprint density at radius 3 is 2.88 bits per heavy atom. The maximum atomic E-state index is 12.0. The lowest BCUT2D eigenvalue weighted by molar-refractivity contribution is -0.124. The molecule has 2 saturated heterocycles. The highest BCUT2D eigenvalue weighted by Gasteiger charge is 2.28. The van der Waals surface area contributed by atoms with Gasteiger partial charge >= 0.3 is 12.1 Å². The first-order valence-electron chi connectivity index (χ1n) is 8.59. The first-order valence-corrected chi connectivity index (χ1v) is 8.59. The van der Waals surface area contributed by atoms with E-state index in [0.29, 0.717) is 6.54 Å². The fourth-order valence-corrected chi connectivity index (χ4v) is 3.19. The fourth-order valence-electron chi connectivity index (χ4n) is 3.19. The molecule has 0 spiro atoms. The second-order valence-corrected chi connectivity index (χ2v) is 6.21. The Labute approximate surface area is 151 Å². The Balaban J connectivity index is 1.43. The molecule has 1 aromatic rings. The Kier molecular flexibility index (Phi) is 5.45. The van der Waals surface area contributed by atoms with Crippen LogP contribution in [-0.4, -0.2) is 68.7 Å². The van der Waals surface area contributed by atoms with E-state index in [1.54, 1.807) is 7.11 Å². The number of carbonyl (C=O) groups excluding carboxylic acids is 3. The predicted molar refractivity (Wildman–Crippen MR) is 95.3 cm³/mol. The van der Waals surface area contributed by atoms with Gasteiger partial charge in [-0.15, -0.1) is 0 Å². The van der Waals surface area contributed by atoms with Crippen molar-refractivity contribution in [1.82, 2.24) is 20.9 Å². The molecular weight excluding hydrogens is 338 g/mol. The maximum Gasteiger partial charge on any atom is 0.324 e. The van der Waals surface area contributed by atoms with E-state index in [2.05, 4.69) is 20.9 Å². The molecule has 0 aromatic heterocycles. The molecular formula is C17H23N5O4. The number of hydrogen-bond donors (Lipinski definition) is 3. The molecule has 0 bridgehead atoms. The van der Waals surface area contributed by atoms with Gasteiger partial charge in [-0.3, -0.25) is 9.69 Å². The number of ether oxygens (including phenoxy) is 1. The van der Waals surface area contributed by atoms with E-state index in [9.17, 15) is 14.4 Å². The third kappa shape index (κ3) is 3.98. The molecule has 2 heterocycles. The number of nitrogens with one attached hydrogen (secondary N) is 3. The molecule has 0 radical (unpaired) electrons. The van der Waals surface area contributed by atoms with Crippen LogP contribution in [0.1, 0.15) is 6.42 Å². The lowest BCUT2D eigenvalue weighted by Gasteiger charge is -2.21. The summed E-state index contributed by atoms with van der Waals surface area (Å²) in [4.78, 5) is 38.2. The summed E-state index contributed by atoms with van der Waals surface area (Å²) in [5.74, 6) is 0.534. The fraction of sp³-hybridized carbons (Fsp3) is 0.471. The van der Waals surface area contributed by atoms with E-state index in [4.69, 9.17) is 4.74 Å². The third-order valence-electron chi connectivity index (χ3n) is 4.51. The molecule has 9 nitrogen and oxygen atoms in total. The number of urea groups is 2. The second-order valence-electron chi connectivity index (χ2n) is 6.21. The van der Waals surface area contributed by atoms with Gasteiger partial charge in [-0.2, -0.15) is 0 Å². The van der Waals surface area contributed by atoms with Crippen molar-refractivity contribution in [2.75, 3.05) is 44.7 Å². The number of amides is 5. The predicted octanol–water partition coefficient (Wildman–Crippen LogP) is 0.125. The van der Waals surface area contributed by atoms with Crippen LogP contribution < -0.4 is 25.6 Å². The molecule has 1 unspecified atom stereocenters. The van der Waals surface area contributed by atoms with Crippen LogP contribution in [0.5, 0.6) is 5.75 Å². The summed E-state index contributed by atoms with van der Waals surface area (Å²) in [6.45, 7) is 1.92. The monoisotopic (exact) mass is 361 g/mol. The summed E-state index contributed by atoms with van der Waals surface area (Å²) in [5, 5.41) is 8.05. The number of nitrogens with zero attached hydrogens (tertiary/aromatic N) is 2. The van der Waals surface area contributed by atoms with Crippen LogP contribution in [0, 0.1) is 0 Å². The summed E-state index contributed by atoms with van der Waals surface area (Å²) in [6.07, 6.45) is 0.832. The van der Waals surface area contributed by atoms with Crippen LogP contribution in [-0.2, 0) is 4.79 Å². The summed E-state index contributed by atoms with van der Waals surface area (Å²) in [6, 6.07) is 7.10. The average Bonchev–Trinajstić information content (AvgIpc) is 3.23. The normalized spacial score (nSPS) is 19.5. The molecule has 2 fully saturated rings. The summed E-state index contributed by atoms with van der Waals surface area (Å²) < 4.78 is 5.39. The van der Waals surface area contributed by atoms with Gasteiger partial charge in [0.1, 0.15) is 5.75 Å². The molecule has 1 aromatic carbocycles. The van der Waals surface area contributed by atoms with Crippen molar-refractivity contribution >= 4 is 23.7 Å². The molecule has 0 aliphatic carbocycles. The van der Waals surface area contributed by atoms with Gasteiger partial charge in [0.2, 0.25) is 5.91 Å². The minimum atomic E-state index is -0.416. The molecule has 1 atom stereocenters. The molecule has 3 N–H and O–H groups in total. The van der Waals surface area contributed by atoms with E-state index in [-0.39, 0.29) is 37.6 Å². The third-order valence-corrected chi connectivity index (χ3v) is 4.51. The Morgan fingerprint density at radius 1 is 1.35 bits per heavy atom.